The van der Waals surface area contributed by atoms with E-state index in [9.17, 15) is 15.0 Å². The topological polar surface area (TPSA) is 66.8 Å². The van der Waals surface area contributed by atoms with Crippen molar-refractivity contribution in [3.05, 3.63) is 34.9 Å². The Balaban J connectivity index is 1.67. The van der Waals surface area contributed by atoms with Gasteiger partial charge in [0.1, 0.15) is 6.10 Å². The zero-order chi connectivity index (χ0) is 21.9. The van der Waals surface area contributed by atoms with Gasteiger partial charge in [-0.25, -0.2) is 0 Å². The molecule has 0 aromatic rings. The third kappa shape index (κ3) is 3.22. The maximum atomic E-state index is 12.5. The summed E-state index contributed by atoms with van der Waals surface area (Å²) in [7, 11) is 0. The monoisotopic (exact) mass is 414 g/mol. The van der Waals surface area contributed by atoms with Gasteiger partial charge in [0.25, 0.3) is 0 Å². The summed E-state index contributed by atoms with van der Waals surface area (Å²) in [6, 6.07) is 0. The molecular weight excluding hydrogens is 376 g/mol. The largest absolute Gasteiger partial charge is 0.462 e. The standard InChI is InChI=1S/C26H38O4/c1-16(30-23(29)24(2,3)4)20-8-9-21-19-7-6-17-14-18(28)10-13-26(17,15-27)22(19)11-12-25(20,21)5/h6-7,14,16,18,20,22,27-28H,8-13,15H2,1-5H3/t16?,18?,20-,22+,25-,26-/m1/s1. The molecule has 0 bridgehead atoms. The van der Waals surface area contributed by atoms with Crippen LogP contribution < -0.4 is 0 Å². The Kier molecular flexibility index (Phi) is 5.34. The number of fused-ring (bicyclic) bond motifs is 4. The first-order chi connectivity index (χ1) is 14.0. The van der Waals surface area contributed by atoms with E-state index in [0.29, 0.717) is 11.8 Å². The van der Waals surface area contributed by atoms with Crippen LogP contribution in [0.5, 0.6) is 0 Å². The molecule has 4 nitrogen and oxygen atoms in total. The number of ether oxygens (including phenoxy) is 1. The molecule has 0 radical (unpaired) electrons. The number of hydrogen-bond acceptors (Lipinski definition) is 4. The maximum absolute atomic E-state index is 12.5. The van der Waals surface area contributed by atoms with Gasteiger partial charge in [-0.2, -0.15) is 0 Å². The van der Waals surface area contributed by atoms with Gasteiger partial charge in [0, 0.05) is 11.3 Å². The van der Waals surface area contributed by atoms with Crippen LogP contribution in [0.3, 0.4) is 0 Å². The summed E-state index contributed by atoms with van der Waals surface area (Å²) in [4.78, 5) is 12.5. The minimum absolute atomic E-state index is 0.0415. The molecule has 1 saturated carbocycles. The van der Waals surface area contributed by atoms with Crippen molar-refractivity contribution in [1.82, 2.24) is 0 Å². The quantitative estimate of drug-likeness (QED) is 0.656. The van der Waals surface area contributed by atoms with Crippen molar-refractivity contribution in [2.75, 3.05) is 6.61 Å². The highest BCUT2D eigenvalue weighted by Gasteiger charge is 2.55. The van der Waals surface area contributed by atoms with Crippen LogP contribution in [-0.2, 0) is 9.53 Å². The first-order valence-electron chi connectivity index (χ1n) is 11.7. The van der Waals surface area contributed by atoms with Gasteiger partial charge in [-0.1, -0.05) is 30.7 Å². The van der Waals surface area contributed by atoms with Crippen LogP contribution in [0.1, 0.15) is 73.1 Å². The van der Waals surface area contributed by atoms with E-state index in [2.05, 4.69) is 26.0 Å². The first-order valence-corrected chi connectivity index (χ1v) is 11.7. The summed E-state index contributed by atoms with van der Waals surface area (Å²) in [5.74, 6) is 0.525. The van der Waals surface area contributed by atoms with Gasteiger partial charge >= 0.3 is 5.97 Å². The molecule has 0 spiro atoms. The van der Waals surface area contributed by atoms with E-state index >= 15 is 0 Å². The molecule has 1 fully saturated rings. The summed E-state index contributed by atoms with van der Waals surface area (Å²) < 4.78 is 5.93. The molecule has 4 heteroatoms. The van der Waals surface area contributed by atoms with Crippen molar-refractivity contribution in [3.8, 4) is 0 Å². The molecule has 30 heavy (non-hydrogen) atoms. The Morgan fingerprint density at radius 3 is 2.63 bits per heavy atom. The Bertz CT molecular complexity index is 813. The molecular formula is C26H38O4. The van der Waals surface area contributed by atoms with Crippen LogP contribution in [0.15, 0.2) is 34.9 Å². The van der Waals surface area contributed by atoms with E-state index in [1.165, 1.54) is 11.1 Å². The number of rotatable bonds is 3. The van der Waals surface area contributed by atoms with Gasteiger partial charge in [0.05, 0.1) is 18.1 Å². The lowest BCUT2D eigenvalue weighted by atomic mass is 9.53. The van der Waals surface area contributed by atoms with Gasteiger partial charge in [0.15, 0.2) is 0 Å². The van der Waals surface area contributed by atoms with Gasteiger partial charge in [-0.3, -0.25) is 4.79 Å². The van der Waals surface area contributed by atoms with Crippen molar-refractivity contribution in [1.29, 1.82) is 0 Å². The fourth-order valence-electron chi connectivity index (χ4n) is 6.78. The Morgan fingerprint density at radius 2 is 1.97 bits per heavy atom. The van der Waals surface area contributed by atoms with Gasteiger partial charge in [0.2, 0.25) is 0 Å². The third-order valence-electron chi connectivity index (χ3n) is 8.59. The van der Waals surface area contributed by atoms with Crippen LogP contribution in [0.4, 0.5) is 0 Å². The summed E-state index contributed by atoms with van der Waals surface area (Å²) in [6.07, 6.45) is 11.6. The second kappa shape index (κ2) is 7.34. The Hall–Kier alpha value is -1.39. The maximum Gasteiger partial charge on any atom is 0.311 e. The third-order valence-corrected chi connectivity index (χ3v) is 8.59. The van der Waals surface area contributed by atoms with E-state index in [1.54, 1.807) is 0 Å². The highest BCUT2D eigenvalue weighted by molar-refractivity contribution is 5.75. The zero-order valence-corrected chi connectivity index (χ0v) is 19.2. The minimum Gasteiger partial charge on any atom is -0.462 e. The van der Waals surface area contributed by atoms with Crippen molar-refractivity contribution in [2.45, 2.75) is 85.4 Å². The first kappa shape index (κ1) is 21.8. The van der Waals surface area contributed by atoms with E-state index in [4.69, 9.17) is 4.74 Å². The SMILES string of the molecule is CC(OC(=O)C(C)(C)C)[C@H]1CCC2=C3C=CC4=CC(O)CC[C@]4(CO)[C@H]3CC[C@@]21C. The molecule has 0 aliphatic heterocycles. The molecule has 0 saturated heterocycles. The molecule has 0 aromatic heterocycles. The number of carbonyl (C=O) groups excluding carboxylic acids is 1. The molecule has 4 aliphatic carbocycles. The van der Waals surface area contributed by atoms with Crippen LogP contribution in [0, 0.1) is 28.1 Å². The highest BCUT2D eigenvalue weighted by Crippen LogP contribution is 2.63. The van der Waals surface area contributed by atoms with E-state index in [-0.39, 0.29) is 29.5 Å². The van der Waals surface area contributed by atoms with Crippen molar-refractivity contribution in [3.63, 3.8) is 0 Å². The second-order valence-electron chi connectivity index (χ2n) is 11.3. The smallest absolute Gasteiger partial charge is 0.311 e. The molecule has 0 heterocycles. The fourth-order valence-corrected chi connectivity index (χ4v) is 6.78. The Labute approximate surface area is 181 Å². The number of aliphatic hydroxyl groups is 2. The van der Waals surface area contributed by atoms with Crippen molar-refractivity contribution in [2.24, 2.45) is 28.1 Å². The van der Waals surface area contributed by atoms with E-state index in [1.807, 2.05) is 26.8 Å². The van der Waals surface area contributed by atoms with Gasteiger partial charge < -0.3 is 14.9 Å². The summed E-state index contributed by atoms with van der Waals surface area (Å²) >= 11 is 0. The highest BCUT2D eigenvalue weighted by atomic mass is 16.5. The van der Waals surface area contributed by atoms with E-state index in [0.717, 1.165) is 44.1 Å². The Morgan fingerprint density at radius 1 is 1.23 bits per heavy atom. The normalized spacial score (nSPS) is 39.0. The lowest BCUT2D eigenvalue weighted by molar-refractivity contribution is -0.162. The number of esters is 1. The lowest BCUT2D eigenvalue weighted by Gasteiger charge is -2.52. The second-order valence-corrected chi connectivity index (χ2v) is 11.3. The predicted molar refractivity (Wildman–Crippen MR) is 118 cm³/mol. The molecule has 2 N–H and O–H groups in total. The lowest BCUT2D eigenvalue weighted by Crippen LogP contribution is -2.46. The number of hydrogen-bond donors (Lipinski definition) is 2. The van der Waals surface area contributed by atoms with Crippen LogP contribution in [0.2, 0.25) is 0 Å². The molecule has 4 aliphatic rings. The van der Waals surface area contributed by atoms with Crippen molar-refractivity contribution >= 4 is 5.97 Å². The molecule has 166 valence electrons. The molecule has 4 rings (SSSR count). The van der Waals surface area contributed by atoms with Gasteiger partial charge in [-0.05, 0) is 88.7 Å². The van der Waals surface area contributed by atoms with Crippen LogP contribution >= 0.6 is 0 Å². The van der Waals surface area contributed by atoms with Crippen LogP contribution in [-0.4, -0.2) is 35.0 Å². The summed E-state index contributed by atoms with van der Waals surface area (Å²) in [5, 5.41) is 20.6. The number of allylic oxidation sites excluding steroid dienone is 4. The minimum atomic E-state index is -0.485. The molecule has 0 amide bonds. The number of carbonyl (C=O) groups is 1. The van der Waals surface area contributed by atoms with E-state index < -0.39 is 11.5 Å². The molecule has 0 aromatic carbocycles. The fraction of sp³-hybridized carbons (Fsp3) is 0.731. The van der Waals surface area contributed by atoms with Crippen molar-refractivity contribution < 1.29 is 19.7 Å². The number of aliphatic hydroxyl groups excluding tert-OH is 2. The molecule has 2 unspecified atom stereocenters. The predicted octanol–water partition coefficient (Wildman–Crippen LogP) is 4.72. The zero-order valence-electron chi connectivity index (χ0n) is 19.2. The molecule has 6 atom stereocenters. The summed E-state index contributed by atoms with van der Waals surface area (Å²) in [6.45, 7) is 10.3. The van der Waals surface area contributed by atoms with Gasteiger partial charge in [-0.15, -0.1) is 0 Å². The van der Waals surface area contributed by atoms with Crippen LogP contribution in [0.25, 0.3) is 0 Å². The average Bonchev–Trinajstić information content (AvgIpc) is 3.04. The average molecular weight is 415 g/mol. The summed E-state index contributed by atoms with van der Waals surface area (Å²) in [5.41, 5.74) is 3.34.